The van der Waals surface area contributed by atoms with Crippen molar-refractivity contribution in [1.29, 1.82) is 0 Å². The maximum atomic E-state index is 5.97. The molecule has 1 aromatic heterocycles. The summed E-state index contributed by atoms with van der Waals surface area (Å²) in [5.41, 5.74) is 2.43. The molecule has 0 unspecified atom stereocenters. The van der Waals surface area contributed by atoms with Gasteiger partial charge in [0, 0.05) is 18.8 Å². The summed E-state index contributed by atoms with van der Waals surface area (Å²) in [6.45, 7) is 1.16. The Labute approximate surface area is 105 Å². The first-order valence-corrected chi connectivity index (χ1v) is 6.23. The third-order valence-corrected chi connectivity index (χ3v) is 4.17. The van der Waals surface area contributed by atoms with Gasteiger partial charge in [-0.15, -0.1) is 0 Å². The Balaban J connectivity index is 1.89. The molecule has 0 spiro atoms. The smallest absolute Gasteiger partial charge is 0.147 e. The van der Waals surface area contributed by atoms with Gasteiger partial charge in [-0.2, -0.15) is 0 Å². The van der Waals surface area contributed by atoms with Crippen LogP contribution >= 0.6 is 23.2 Å². The molecule has 2 nitrogen and oxygen atoms in total. The van der Waals surface area contributed by atoms with Crippen LogP contribution in [0, 0.1) is 5.92 Å². The molecule has 0 amide bonds. The van der Waals surface area contributed by atoms with E-state index in [2.05, 4.69) is 16.4 Å². The molecule has 16 heavy (non-hydrogen) atoms. The zero-order valence-electron chi connectivity index (χ0n) is 8.71. The Morgan fingerprint density at radius 1 is 1.38 bits per heavy atom. The van der Waals surface area contributed by atoms with Crippen molar-refractivity contribution in [3.05, 3.63) is 34.1 Å². The molecule has 0 bridgehead atoms. The summed E-state index contributed by atoms with van der Waals surface area (Å²) >= 11 is 11.8. The molecule has 0 aromatic carbocycles. The maximum absolute atomic E-state index is 5.97. The molecule has 1 aliphatic heterocycles. The standard InChI is InChI=1S/C12H12Cl2N2/c13-10-3-9(6-16-12(10)14)7-1-2-8-5-15-11(8)4-7/h1,3,6,8,11,15H,2,4-5H2/t8-,11-/m1/s1. The summed E-state index contributed by atoms with van der Waals surface area (Å²) in [7, 11) is 0. The van der Waals surface area contributed by atoms with Crippen LogP contribution in [0.5, 0.6) is 0 Å². The minimum absolute atomic E-state index is 0.376. The van der Waals surface area contributed by atoms with Crippen LogP contribution in [0.25, 0.3) is 5.57 Å². The van der Waals surface area contributed by atoms with E-state index in [9.17, 15) is 0 Å². The van der Waals surface area contributed by atoms with E-state index in [-0.39, 0.29) is 0 Å². The first kappa shape index (κ1) is 10.6. The number of nitrogens with one attached hydrogen (secondary N) is 1. The van der Waals surface area contributed by atoms with E-state index in [4.69, 9.17) is 23.2 Å². The zero-order chi connectivity index (χ0) is 11.1. The minimum atomic E-state index is 0.376. The lowest BCUT2D eigenvalue weighted by molar-refractivity contribution is 0.231. The SMILES string of the molecule is Clc1cc(C2=CC[C@@H]3CN[C@@H]3C2)cnc1Cl. The summed E-state index contributed by atoms with van der Waals surface area (Å²) < 4.78 is 0. The molecule has 84 valence electrons. The molecule has 2 atom stereocenters. The molecule has 0 saturated carbocycles. The van der Waals surface area contributed by atoms with Crippen molar-refractivity contribution >= 4 is 28.8 Å². The van der Waals surface area contributed by atoms with Gasteiger partial charge in [-0.05, 0) is 36.0 Å². The van der Waals surface area contributed by atoms with Gasteiger partial charge < -0.3 is 5.32 Å². The van der Waals surface area contributed by atoms with Gasteiger partial charge in [0.25, 0.3) is 0 Å². The number of aromatic nitrogens is 1. The van der Waals surface area contributed by atoms with Crippen molar-refractivity contribution < 1.29 is 0 Å². The largest absolute Gasteiger partial charge is 0.313 e. The first-order valence-electron chi connectivity index (χ1n) is 5.48. The fourth-order valence-corrected chi connectivity index (χ4v) is 2.65. The zero-order valence-corrected chi connectivity index (χ0v) is 10.2. The molecule has 1 aliphatic carbocycles. The van der Waals surface area contributed by atoms with Crippen molar-refractivity contribution in [2.24, 2.45) is 5.92 Å². The van der Waals surface area contributed by atoms with E-state index in [1.165, 1.54) is 5.57 Å². The van der Waals surface area contributed by atoms with E-state index in [0.717, 1.165) is 30.9 Å². The molecule has 1 aromatic rings. The lowest BCUT2D eigenvalue weighted by atomic mass is 9.78. The molecule has 2 heterocycles. The minimum Gasteiger partial charge on any atom is -0.313 e. The highest BCUT2D eigenvalue weighted by atomic mass is 35.5. The third kappa shape index (κ3) is 1.75. The number of hydrogen-bond acceptors (Lipinski definition) is 2. The topological polar surface area (TPSA) is 24.9 Å². The van der Waals surface area contributed by atoms with Gasteiger partial charge in [0.2, 0.25) is 0 Å². The molecule has 4 heteroatoms. The van der Waals surface area contributed by atoms with Crippen LogP contribution in [-0.4, -0.2) is 17.6 Å². The molecule has 0 radical (unpaired) electrons. The molecule has 1 saturated heterocycles. The van der Waals surface area contributed by atoms with Crippen molar-refractivity contribution in [3.63, 3.8) is 0 Å². The van der Waals surface area contributed by atoms with Gasteiger partial charge in [0.1, 0.15) is 5.15 Å². The summed E-state index contributed by atoms with van der Waals surface area (Å²) in [6, 6.07) is 2.55. The number of nitrogens with zero attached hydrogens (tertiary/aromatic N) is 1. The van der Waals surface area contributed by atoms with E-state index in [1.807, 2.05) is 6.07 Å². The van der Waals surface area contributed by atoms with Crippen LogP contribution in [0.4, 0.5) is 0 Å². The maximum Gasteiger partial charge on any atom is 0.147 e. The van der Waals surface area contributed by atoms with Crippen molar-refractivity contribution in [2.45, 2.75) is 18.9 Å². The molecule has 2 aliphatic rings. The second-order valence-corrected chi connectivity index (χ2v) is 5.21. The molecular weight excluding hydrogens is 243 g/mol. The Kier molecular flexibility index (Phi) is 2.66. The molecule has 3 rings (SSSR count). The van der Waals surface area contributed by atoms with Crippen LogP contribution < -0.4 is 5.32 Å². The fourth-order valence-electron chi connectivity index (χ4n) is 2.38. The number of hydrogen-bond donors (Lipinski definition) is 1. The quantitative estimate of drug-likeness (QED) is 0.780. The predicted molar refractivity (Wildman–Crippen MR) is 66.7 cm³/mol. The van der Waals surface area contributed by atoms with Gasteiger partial charge in [0.05, 0.1) is 5.02 Å². The van der Waals surface area contributed by atoms with E-state index in [1.54, 1.807) is 6.20 Å². The predicted octanol–water partition coefficient (Wildman–Crippen LogP) is 3.15. The van der Waals surface area contributed by atoms with E-state index >= 15 is 0 Å². The molecule has 1 N–H and O–H groups in total. The van der Waals surface area contributed by atoms with Gasteiger partial charge in [-0.25, -0.2) is 4.98 Å². The summed E-state index contributed by atoms with van der Waals surface area (Å²) in [5, 5.41) is 4.36. The van der Waals surface area contributed by atoms with Crippen molar-refractivity contribution in [1.82, 2.24) is 10.3 Å². The van der Waals surface area contributed by atoms with Gasteiger partial charge in [-0.3, -0.25) is 0 Å². The highest BCUT2D eigenvalue weighted by Crippen LogP contribution is 2.35. The Bertz CT molecular complexity index is 456. The lowest BCUT2D eigenvalue weighted by Gasteiger charge is -2.41. The second-order valence-electron chi connectivity index (χ2n) is 4.44. The highest BCUT2D eigenvalue weighted by Gasteiger charge is 2.33. The third-order valence-electron chi connectivity index (χ3n) is 3.49. The lowest BCUT2D eigenvalue weighted by Crippen LogP contribution is -2.53. The number of rotatable bonds is 1. The first-order chi connectivity index (χ1) is 7.74. The average Bonchev–Trinajstić information content (AvgIpc) is 2.24. The average molecular weight is 255 g/mol. The van der Waals surface area contributed by atoms with Crippen LogP contribution in [0.3, 0.4) is 0 Å². The monoisotopic (exact) mass is 254 g/mol. The summed E-state index contributed by atoms with van der Waals surface area (Å²) in [5.74, 6) is 0.833. The van der Waals surface area contributed by atoms with Crippen LogP contribution in [0.2, 0.25) is 10.2 Å². The normalized spacial score (nSPS) is 28.0. The Morgan fingerprint density at radius 2 is 2.25 bits per heavy atom. The molecular formula is C12H12Cl2N2. The molecule has 1 fully saturated rings. The van der Waals surface area contributed by atoms with E-state index < -0.39 is 0 Å². The Morgan fingerprint density at radius 3 is 2.88 bits per heavy atom. The van der Waals surface area contributed by atoms with E-state index in [0.29, 0.717) is 16.2 Å². The number of fused-ring (bicyclic) bond motifs is 1. The summed E-state index contributed by atoms with van der Waals surface area (Å²) in [4.78, 5) is 4.09. The second kappa shape index (κ2) is 4.02. The summed E-state index contributed by atoms with van der Waals surface area (Å²) in [6.07, 6.45) is 6.35. The number of pyridine rings is 1. The van der Waals surface area contributed by atoms with Crippen molar-refractivity contribution in [2.75, 3.05) is 6.54 Å². The number of halogens is 2. The van der Waals surface area contributed by atoms with Gasteiger partial charge >= 0.3 is 0 Å². The highest BCUT2D eigenvalue weighted by molar-refractivity contribution is 6.41. The van der Waals surface area contributed by atoms with Crippen LogP contribution in [-0.2, 0) is 0 Å². The number of allylic oxidation sites excluding steroid dienone is 1. The van der Waals surface area contributed by atoms with Gasteiger partial charge in [-0.1, -0.05) is 29.3 Å². The Hall–Kier alpha value is -0.570. The van der Waals surface area contributed by atoms with Crippen LogP contribution in [0.1, 0.15) is 18.4 Å². The van der Waals surface area contributed by atoms with Gasteiger partial charge in [0.15, 0.2) is 0 Å². The fraction of sp³-hybridized carbons (Fsp3) is 0.417. The van der Waals surface area contributed by atoms with Crippen molar-refractivity contribution in [3.8, 4) is 0 Å². The van der Waals surface area contributed by atoms with Crippen LogP contribution in [0.15, 0.2) is 18.3 Å².